The van der Waals surface area contributed by atoms with Crippen molar-refractivity contribution in [3.63, 3.8) is 0 Å². The number of methoxy groups -OCH3 is 1. The van der Waals surface area contributed by atoms with Crippen molar-refractivity contribution >= 4 is 5.91 Å². The van der Waals surface area contributed by atoms with Gasteiger partial charge in [-0.1, -0.05) is 13.8 Å². The number of carbonyl (C=O) groups excluding carboxylic acids is 1. The fraction of sp³-hybridized carbons (Fsp3) is 0.917. The molecule has 0 aromatic carbocycles. The van der Waals surface area contributed by atoms with Gasteiger partial charge in [0.05, 0.1) is 12.6 Å². The van der Waals surface area contributed by atoms with Gasteiger partial charge in [0, 0.05) is 32.7 Å². The Morgan fingerprint density at radius 2 is 2.00 bits per heavy atom. The molecular formula is C12H26N2O2. The molecule has 0 bridgehead atoms. The van der Waals surface area contributed by atoms with Crippen molar-refractivity contribution in [2.75, 3.05) is 26.8 Å². The van der Waals surface area contributed by atoms with E-state index in [9.17, 15) is 4.79 Å². The smallest absolute Gasteiger partial charge is 0.224 e. The summed E-state index contributed by atoms with van der Waals surface area (Å²) >= 11 is 0. The Hall–Kier alpha value is -0.610. The maximum absolute atomic E-state index is 11.9. The summed E-state index contributed by atoms with van der Waals surface area (Å²) in [6.45, 7) is 10.3. The summed E-state index contributed by atoms with van der Waals surface area (Å²) < 4.78 is 5.07. The Balaban J connectivity index is 4.00. The largest absolute Gasteiger partial charge is 0.383 e. The van der Waals surface area contributed by atoms with Crippen LogP contribution in [0.1, 0.15) is 34.1 Å². The van der Waals surface area contributed by atoms with Crippen LogP contribution in [0.5, 0.6) is 0 Å². The molecule has 1 atom stereocenters. The van der Waals surface area contributed by atoms with E-state index in [-0.39, 0.29) is 11.9 Å². The fourth-order valence-corrected chi connectivity index (χ4v) is 1.68. The lowest BCUT2D eigenvalue weighted by molar-refractivity contribution is -0.133. The zero-order valence-corrected chi connectivity index (χ0v) is 11.2. The second kappa shape index (κ2) is 8.53. The molecule has 96 valence electrons. The third kappa shape index (κ3) is 6.08. The van der Waals surface area contributed by atoms with Gasteiger partial charge < -0.3 is 15.0 Å². The molecule has 4 heteroatoms. The number of ether oxygens (including phenoxy) is 1. The average molecular weight is 230 g/mol. The van der Waals surface area contributed by atoms with Gasteiger partial charge in [0.15, 0.2) is 0 Å². The lowest BCUT2D eigenvalue weighted by Gasteiger charge is -2.27. The molecule has 16 heavy (non-hydrogen) atoms. The molecule has 0 aliphatic heterocycles. The van der Waals surface area contributed by atoms with Crippen LogP contribution in [0.2, 0.25) is 0 Å². The van der Waals surface area contributed by atoms with Gasteiger partial charge in [-0.3, -0.25) is 4.79 Å². The van der Waals surface area contributed by atoms with Crippen molar-refractivity contribution < 1.29 is 9.53 Å². The van der Waals surface area contributed by atoms with E-state index in [1.165, 1.54) is 0 Å². The molecule has 0 radical (unpaired) electrons. The molecule has 0 spiro atoms. The maximum Gasteiger partial charge on any atom is 0.224 e. The predicted octanol–water partition coefficient (Wildman–Crippen LogP) is 1.26. The summed E-state index contributed by atoms with van der Waals surface area (Å²) in [5, 5.41) is 3.25. The summed E-state index contributed by atoms with van der Waals surface area (Å²) in [7, 11) is 1.66. The van der Waals surface area contributed by atoms with Crippen LogP contribution in [0.25, 0.3) is 0 Å². The van der Waals surface area contributed by atoms with Gasteiger partial charge in [-0.25, -0.2) is 0 Å². The highest BCUT2D eigenvalue weighted by Gasteiger charge is 2.17. The van der Waals surface area contributed by atoms with Crippen LogP contribution in [-0.2, 0) is 9.53 Å². The first-order chi connectivity index (χ1) is 7.52. The second-order valence-corrected chi connectivity index (χ2v) is 4.34. The van der Waals surface area contributed by atoms with Crippen molar-refractivity contribution in [1.29, 1.82) is 0 Å². The van der Waals surface area contributed by atoms with Crippen molar-refractivity contribution in [3.8, 4) is 0 Å². The van der Waals surface area contributed by atoms with Crippen molar-refractivity contribution in [2.45, 2.75) is 46.2 Å². The first-order valence-electron chi connectivity index (χ1n) is 6.04. The minimum atomic E-state index is 0.154. The fourth-order valence-electron chi connectivity index (χ4n) is 1.68. The monoisotopic (exact) mass is 230 g/mol. The highest BCUT2D eigenvalue weighted by atomic mass is 16.5. The standard InChI is InChI=1S/C12H26N2O2/c1-6-14(11(4)9-16-5)12(15)7-8-13-10(2)3/h10-11,13H,6-9H2,1-5H3. The number of nitrogens with zero attached hydrogens (tertiary/aromatic N) is 1. The molecule has 0 aromatic heterocycles. The normalized spacial score (nSPS) is 12.9. The zero-order chi connectivity index (χ0) is 12.6. The summed E-state index contributed by atoms with van der Waals surface area (Å²) in [5.41, 5.74) is 0. The molecular weight excluding hydrogens is 204 g/mol. The third-order valence-corrected chi connectivity index (χ3v) is 2.49. The van der Waals surface area contributed by atoms with Gasteiger partial charge in [-0.15, -0.1) is 0 Å². The molecule has 0 saturated carbocycles. The minimum absolute atomic E-state index is 0.154. The van der Waals surface area contributed by atoms with Gasteiger partial charge in [-0.05, 0) is 13.8 Å². The predicted molar refractivity (Wildman–Crippen MR) is 66.5 cm³/mol. The van der Waals surface area contributed by atoms with Crippen LogP contribution in [0.15, 0.2) is 0 Å². The molecule has 0 aromatic rings. The van der Waals surface area contributed by atoms with Gasteiger partial charge in [0.25, 0.3) is 0 Å². The Bertz CT molecular complexity index is 195. The molecule has 1 N–H and O–H groups in total. The Morgan fingerprint density at radius 1 is 1.38 bits per heavy atom. The van der Waals surface area contributed by atoms with Gasteiger partial charge >= 0.3 is 0 Å². The van der Waals surface area contributed by atoms with E-state index < -0.39 is 0 Å². The number of carbonyl (C=O) groups is 1. The van der Waals surface area contributed by atoms with Gasteiger partial charge in [0.1, 0.15) is 0 Å². The van der Waals surface area contributed by atoms with E-state index >= 15 is 0 Å². The van der Waals surface area contributed by atoms with E-state index in [1.807, 2.05) is 18.7 Å². The Kier molecular flexibility index (Phi) is 8.21. The van der Waals surface area contributed by atoms with Crippen LogP contribution in [0, 0.1) is 0 Å². The van der Waals surface area contributed by atoms with Crippen LogP contribution in [0.3, 0.4) is 0 Å². The number of amides is 1. The van der Waals surface area contributed by atoms with Crippen molar-refractivity contribution in [3.05, 3.63) is 0 Å². The van der Waals surface area contributed by atoms with E-state index in [1.54, 1.807) is 7.11 Å². The lowest BCUT2D eigenvalue weighted by Crippen LogP contribution is -2.42. The van der Waals surface area contributed by atoms with Crippen LogP contribution >= 0.6 is 0 Å². The first-order valence-corrected chi connectivity index (χ1v) is 6.04. The van der Waals surface area contributed by atoms with E-state index in [0.717, 1.165) is 13.1 Å². The van der Waals surface area contributed by atoms with Crippen LogP contribution < -0.4 is 5.32 Å². The highest BCUT2D eigenvalue weighted by Crippen LogP contribution is 2.02. The van der Waals surface area contributed by atoms with Crippen molar-refractivity contribution in [2.24, 2.45) is 0 Å². The first kappa shape index (κ1) is 15.4. The molecule has 1 unspecified atom stereocenters. The topological polar surface area (TPSA) is 41.6 Å². The minimum Gasteiger partial charge on any atom is -0.383 e. The van der Waals surface area contributed by atoms with Crippen LogP contribution in [-0.4, -0.2) is 49.7 Å². The Labute approximate surface area is 99.3 Å². The molecule has 0 saturated heterocycles. The molecule has 4 nitrogen and oxygen atoms in total. The molecule has 0 fully saturated rings. The number of hydrogen-bond acceptors (Lipinski definition) is 3. The number of rotatable bonds is 8. The molecule has 0 rings (SSSR count). The van der Waals surface area contributed by atoms with E-state index in [4.69, 9.17) is 4.74 Å². The number of nitrogens with one attached hydrogen (secondary N) is 1. The van der Waals surface area contributed by atoms with E-state index in [0.29, 0.717) is 19.1 Å². The number of hydrogen-bond donors (Lipinski definition) is 1. The third-order valence-electron chi connectivity index (χ3n) is 2.49. The lowest BCUT2D eigenvalue weighted by atomic mass is 10.2. The summed E-state index contributed by atoms with van der Waals surface area (Å²) in [5.74, 6) is 0.195. The highest BCUT2D eigenvalue weighted by molar-refractivity contribution is 5.76. The summed E-state index contributed by atoms with van der Waals surface area (Å²) in [6.07, 6.45) is 0.556. The van der Waals surface area contributed by atoms with Gasteiger partial charge in [-0.2, -0.15) is 0 Å². The van der Waals surface area contributed by atoms with E-state index in [2.05, 4.69) is 19.2 Å². The molecule has 0 aliphatic carbocycles. The van der Waals surface area contributed by atoms with Crippen LogP contribution in [0.4, 0.5) is 0 Å². The second-order valence-electron chi connectivity index (χ2n) is 4.34. The zero-order valence-electron chi connectivity index (χ0n) is 11.2. The maximum atomic E-state index is 11.9. The van der Waals surface area contributed by atoms with Crippen molar-refractivity contribution in [1.82, 2.24) is 10.2 Å². The summed E-state index contributed by atoms with van der Waals surface area (Å²) in [4.78, 5) is 13.8. The SMILES string of the molecule is CCN(C(=O)CCNC(C)C)C(C)COC. The Morgan fingerprint density at radius 3 is 2.44 bits per heavy atom. The van der Waals surface area contributed by atoms with Gasteiger partial charge in [0.2, 0.25) is 5.91 Å². The number of likely N-dealkylation sites (N-methyl/N-ethyl adjacent to an activating group) is 1. The molecule has 1 amide bonds. The molecule has 0 aliphatic rings. The molecule has 0 heterocycles. The summed E-state index contributed by atoms with van der Waals surface area (Å²) in [6, 6.07) is 0.584. The quantitative estimate of drug-likeness (QED) is 0.682. The average Bonchev–Trinajstić information content (AvgIpc) is 2.18.